The quantitative estimate of drug-likeness (QED) is 0.793. The smallest absolute Gasteiger partial charge is 0.327 e. The van der Waals surface area contributed by atoms with E-state index in [-0.39, 0.29) is 0 Å². The Morgan fingerprint density at radius 1 is 1.29 bits per heavy atom. The Morgan fingerprint density at radius 3 is 2.24 bits per heavy atom. The highest BCUT2D eigenvalue weighted by Gasteiger charge is 2.27. The summed E-state index contributed by atoms with van der Waals surface area (Å²) in [6, 6.07) is 1.20. The zero-order chi connectivity index (χ0) is 16.2. The van der Waals surface area contributed by atoms with Gasteiger partial charge in [-0.3, -0.25) is 4.79 Å². The van der Waals surface area contributed by atoms with Crippen LogP contribution >= 0.6 is 0 Å². The van der Waals surface area contributed by atoms with Gasteiger partial charge in [-0.2, -0.15) is 0 Å². The van der Waals surface area contributed by atoms with Gasteiger partial charge in [-0.1, -0.05) is 6.07 Å². The maximum Gasteiger partial charge on any atom is 0.327 e. The van der Waals surface area contributed by atoms with E-state index in [1.807, 2.05) is 5.32 Å². The molecule has 0 aliphatic heterocycles. The van der Waals surface area contributed by atoms with Crippen molar-refractivity contribution in [2.75, 3.05) is 5.75 Å². The number of nitrogens with one attached hydrogen (secondary N) is 1. The number of carbonyl (C=O) groups is 2. The molecular weight excluding hydrogens is 308 g/mol. The summed E-state index contributed by atoms with van der Waals surface area (Å²) < 4.78 is 50.5. The van der Waals surface area contributed by atoms with E-state index in [4.69, 9.17) is 5.11 Å². The number of halogens is 2. The predicted molar refractivity (Wildman–Crippen MR) is 69.1 cm³/mol. The fourth-order valence-electron chi connectivity index (χ4n) is 1.62. The van der Waals surface area contributed by atoms with E-state index in [9.17, 15) is 26.8 Å². The van der Waals surface area contributed by atoms with Crippen molar-refractivity contribution >= 4 is 21.7 Å². The molecule has 1 amide bonds. The second kappa shape index (κ2) is 6.61. The molecule has 6 nitrogen and oxygen atoms in total. The number of rotatable bonds is 6. The average Bonchev–Trinajstić information content (AvgIpc) is 2.32. The predicted octanol–water partition coefficient (Wildman–Crippen LogP) is 0.469. The summed E-state index contributed by atoms with van der Waals surface area (Å²) in [5.41, 5.74) is -0.663. The molecule has 1 unspecified atom stereocenters. The molecule has 1 rings (SSSR count). The molecule has 0 spiro atoms. The third-order valence-corrected chi connectivity index (χ3v) is 4.09. The number of hydrogen-bond donors (Lipinski definition) is 2. The van der Waals surface area contributed by atoms with Crippen molar-refractivity contribution in [3.8, 4) is 0 Å². The van der Waals surface area contributed by atoms with Crippen molar-refractivity contribution in [2.24, 2.45) is 0 Å². The summed E-state index contributed by atoms with van der Waals surface area (Å²) in [4.78, 5) is 21.7. The van der Waals surface area contributed by atoms with Gasteiger partial charge in [-0.25, -0.2) is 22.0 Å². The van der Waals surface area contributed by atoms with Crippen LogP contribution in [0.3, 0.4) is 0 Å². The lowest BCUT2D eigenvalue weighted by Gasteiger charge is -2.14. The molecule has 116 valence electrons. The third-order valence-electron chi connectivity index (χ3n) is 2.52. The summed E-state index contributed by atoms with van der Waals surface area (Å²) in [6.45, 7) is 1.03. The molecule has 1 aromatic rings. The van der Waals surface area contributed by atoms with Crippen LogP contribution in [-0.4, -0.2) is 37.2 Å². The molecule has 1 atom stereocenters. The topological polar surface area (TPSA) is 101 Å². The molecule has 0 aliphatic carbocycles. The van der Waals surface area contributed by atoms with E-state index in [2.05, 4.69) is 0 Å². The first-order valence-electron chi connectivity index (χ1n) is 5.75. The van der Waals surface area contributed by atoms with E-state index in [0.717, 1.165) is 25.1 Å². The van der Waals surface area contributed by atoms with E-state index in [1.54, 1.807) is 0 Å². The van der Waals surface area contributed by atoms with Crippen LogP contribution < -0.4 is 5.32 Å². The summed E-state index contributed by atoms with van der Waals surface area (Å²) in [5.74, 6) is -6.31. The van der Waals surface area contributed by atoms with Gasteiger partial charge >= 0.3 is 5.97 Å². The lowest BCUT2D eigenvalue weighted by Crippen LogP contribution is -2.44. The molecule has 0 fully saturated rings. The van der Waals surface area contributed by atoms with Gasteiger partial charge in [-0.15, -0.1) is 0 Å². The molecule has 0 radical (unpaired) electrons. The number of hydrogen-bond acceptors (Lipinski definition) is 4. The SMILES string of the molecule is CC(=O)NC(CS(=O)(=O)Cc1c(F)cccc1F)C(=O)O. The van der Waals surface area contributed by atoms with Gasteiger partial charge in [0.15, 0.2) is 9.84 Å². The average molecular weight is 321 g/mol. The maximum atomic E-state index is 13.4. The van der Waals surface area contributed by atoms with Gasteiger partial charge in [0.25, 0.3) is 0 Å². The van der Waals surface area contributed by atoms with Crippen LogP contribution in [0.15, 0.2) is 18.2 Å². The molecule has 0 aromatic heterocycles. The molecule has 0 bridgehead atoms. The van der Waals surface area contributed by atoms with Crippen LogP contribution in [0.5, 0.6) is 0 Å². The molecule has 0 aliphatic rings. The van der Waals surface area contributed by atoms with Crippen molar-refractivity contribution in [2.45, 2.75) is 18.7 Å². The second-order valence-electron chi connectivity index (χ2n) is 4.35. The molecule has 0 saturated heterocycles. The monoisotopic (exact) mass is 321 g/mol. The molecule has 2 N–H and O–H groups in total. The van der Waals surface area contributed by atoms with Crippen LogP contribution in [0.1, 0.15) is 12.5 Å². The van der Waals surface area contributed by atoms with E-state index >= 15 is 0 Å². The highest BCUT2D eigenvalue weighted by molar-refractivity contribution is 7.90. The number of benzene rings is 1. The molecule has 0 heterocycles. The number of amides is 1. The van der Waals surface area contributed by atoms with Crippen LogP contribution in [-0.2, 0) is 25.2 Å². The van der Waals surface area contributed by atoms with E-state index in [1.165, 1.54) is 0 Å². The van der Waals surface area contributed by atoms with Crippen LogP contribution in [0.2, 0.25) is 0 Å². The Balaban J connectivity index is 2.96. The first kappa shape index (κ1) is 17.0. The van der Waals surface area contributed by atoms with Gasteiger partial charge in [0, 0.05) is 12.5 Å². The Kier molecular flexibility index (Phi) is 5.36. The lowest BCUT2D eigenvalue weighted by molar-refractivity contribution is -0.140. The fourth-order valence-corrected chi connectivity index (χ4v) is 3.19. The molecule has 9 heteroatoms. The largest absolute Gasteiger partial charge is 0.480 e. The minimum Gasteiger partial charge on any atom is -0.480 e. The number of carbonyl (C=O) groups excluding carboxylic acids is 1. The standard InChI is InChI=1S/C12H13F2NO5S/c1-7(16)15-11(12(17)18)6-21(19,20)5-8-9(13)3-2-4-10(8)14/h2-4,11H,5-6H2,1H3,(H,15,16)(H,17,18). The van der Waals surface area contributed by atoms with Crippen LogP contribution in [0, 0.1) is 11.6 Å². The minimum absolute atomic E-state index is 0.663. The Labute approximate surface area is 119 Å². The number of aliphatic carboxylic acids is 1. The third kappa shape index (κ3) is 5.10. The van der Waals surface area contributed by atoms with Gasteiger partial charge in [-0.05, 0) is 12.1 Å². The van der Waals surface area contributed by atoms with Gasteiger partial charge in [0.05, 0.1) is 11.5 Å². The normalized spacial score (nSPS) is 12.7. The molecule has 0 saturated carbocycles. The zero-order valence-electron chi connectivity index (χ0n) is 11.0. The number of carboxylic acid groups (broad SMARTS) is 1. The summed E-state index contributed by atoms with van der Waals surface area (Å²) in [7, 11) is -4.15. The lowest BCUT2D eigenvalue weighted by atomic mass is 10.2. The van der Waals surface area contributed by atoms with Crippen molar-refractivity contribution in [3.05, 3.63) is 35.4 Å². The molecule has 21 heavy (non-hydrogen) atoms. The maximum absolute atomic E-state index is 13.4. The fraction of sp³-hybridized carbons (Fsp3) is 0.333. The van der Waals surface area contributed by atoms with Crippen LogP contribution in [0.4, 0.5) is 8.78 Å². The summed E-state index contributed by atoms with van der Waals surface area (Å²) in [5, 5.41) is 10.8. The van der Waals surface area contributed by atoms with Gasteiger partial charge in [0.1, 0.15) is 17.7 Å². The second-order valence-corrected chi connectivity index (χ2v) is 6.46. The minimum atomic E-state index is -4.15. The Morgan fingerprint density at radius 2 is 1.81 bits per heavy atom. The van der Waals surface area contributed by atoms with E-state index in [0.29, 0.717) is 0 Å². The number of carboxylic acids is 1. The summed E-state index contributed by atoms with van der Waals surface area (Å²) >= 11 is 0. The van der Waals surface area contributed by atoms with Crippen molar-refractivity contribution in [1.29, 1.82) is 0 Å². The molecule has 1 aromatic carbocycles. The van der Waals surface area contributed by atoms with E-state index < -0.39 is 56.5 Å². The van der Waals surface area contributed by atoms with Crippen molar-refractivity contribution in [3.63, 3.8) is 0 Å². The summed E-state index contributed by atoms with van der Waals surface area (Å²) in [6.07, 6.45) is 0. The first-order chi connectivity index (χ1) is 9.62. The molecular formula is C12H13F2NO5S. The number of sulfone groups is 1. The van der Waals surface area contributed by atoms with Crippen LogP contribution in [0.25, 0.3) is 0 Å². The van der Waals surface area contributed by atoms with Gasteiger partial charge < -0.3 is 10.4 Å². The zero-order valence-corrected chi connectivity index (χ0v) is 11.8. The van der Waals surface area contributed by atoms with Gasteiger partial charge in [0.2, 0.25) is 5.91 Å². The highest BCUT2D eigenvalue weighted by Crippen LogP contribution is 2.16. The first-order valence-corrected chi connectivity index (χ1v) is 7.58. The Bertz CT molecular complexity index is 639. The van der Waals surface area contributed by atoms with Crippen molar-refractivity contribution < 1.29 is 31.9 Å². The highest BCUT2D eigenvalue weighted by atomic mass is 32.2. The Hall–Kier alpha value is -2.03. The van der Waals surface area contributed by atoms with Crippen molar-refractivity contribution in [1.82, 2.24) is 5.32 Å².